The zero-order valence-electron chi connectivity index (χ0n) is 10.4. The van der Waals surface area contributed by atoms with Crippen LogP contribution in [-0.4, -0.2) is 16.1 Å². The van der Waals surface area contributed by atoms with E-state index in [9.17, 15) is 9.90 Å². The summed E-state index contributed by atoms with van der Waals surface area (Å²) in [6.45, 7) is 0. The molecule has 0 saturated carbocycles. The fourth-order valence-corrected chi connectivity index (χ4v) is 2.40. The number of carboxylic acids is 1. The van der Waals surface area contributed by atoms with Crippen molar-refractivity contribution in [2.24, 2.45) is 0 Å². The molecule has 0 bridgehead atoms. The van der Waals surface area contributed by atoms with Gasteiger partial charge in [0, 0.05) is 21.5 Å². The second-order valence-corrected chi connectivity index (χ2v) is 4.77. The molecule has 1 aromatic heterocycles. The van der Waals surface area contributed by atoms with Crippen molar-refractivity contribution in [3.05, 3.63) is 65.3 Å². The van der Waals surface area contributed by atoms with Crippen LogP contribution in [0.5, 0.6) is 0 Å². The van der Waals surface area contributed by atoms with Crippen LogP contribution < -0.4 is 0 Å². The molecule has 0 radical (unpaired) electrons. The number of fused-ring (bicyclic) bond motifs is 1. The quantitative estimate of drug-likeness (QED) is 0.765. The van der Waals surface area contributed by atoms with Gasteiger partial charge < -0.3 is 5.11 Å². The van der Waals surface area contributed by atoms with Crippen molar-refractivity contribution < 1.29 is 9.90 Å². The van der Waals surface area contributed by atoms with Crippen molar-refractivity contribution >= 4 is 28.5 Å². The summed E-state index contributed by atoms with van der Waals surface area (Å²) in [5, 5.41) is 10.8. The molecule has 0 unspecified atom stereocenters. The largest absolute Gasteiger partial charge is 0.476 e. The highest BCUT2D eigenvalue weighted by atomic mass is 35.5. The number of para-hydroxylation sites is 1. The number of carbonyl (C=O) groups is 1. The number of hydrogen-bond donors (Lipinski definition) is 1. The molecule has 0 spiro atoms. The van der Waals surface area contributed by atoms with Gasteiger partial charge in [-0.25, -0.2) is 9.78 Å². The third-order valence-corrected chi connectivity index (χ3v) is 3.42. The van der Waals surface area contributed by atoms with E-state index in [4.69, 9.17) is 11.6 Å². The number of aromatic nitrogens is 1. The summed E-state index contributed by atoms with van der Waals surface area (Å²) < 4.78 is 0. The van der Waals surface area contributed by atoms with Gasteiger partial charge in [0.1, 0.15) is 0 Å². The molecule has 3 nitrogen and oxygen atoms in total. The fraction of sp³-hybridized carbons (Fsp3) is 0. The van der Waals surface area contributed by atoms with E-state index in [0.29, 0.717) is 21.7 Å². The topological polar surface area (TPSA) is 50.2 Å². The zero-order chi connectivity index (χ0) is 14.1. The molecule has 20 heavy (non-hydrogen) atoms. The summed E-state index contributed by atoms with van der Waals surface area (Å²) in [6, 6.07) is 16.4. The number of nitrogens with zero attached hydrogens (tertiary/aromatic N) is 1. The van der Waals surface area contributed by atoms with Crippen LogP contribution in [-0.2, 0) is 0 Å². The molecule has 0 aliphatic rings. The SMILES string of the molecule is O=C(O)c1nc2ccccc2cc1-c1ccccc1Cl. The van der Waals surface area contributed by atoms with Gasteiger partial charge in [0.2, 0.25) is 0 Å². The Labute approximate surface area is 120 Å². The van der Waals surface area contributed by atoms with Gasteiger partial charge in [-0.2, -0.15) is 0 Å². The highest BCUT2D eigenvalue weighted by molar-refractivity contribution is 6.33. The normalized spacial score (nSPS) is 10.7. The molecule has 0 aliphatic carbocycles. The summed E-state index contributed by atoms with van der Waals surface area (Å²) in [5.41, 5.74) is 1.86. The highest BCUT2D eigenvalue weighted by Gasteiger charge is 2.16. The second kappa shape index (κ2) is 4.94. The van der Waals surface area contributed by atoms with Gasteiger partial charge in [-0.3, -0.25) is 0 Å². The number of aromatic carboxylic acids is 1. The van der Waals surface area contributed by atoms with Gasteiger partial charge in [0.05, 0.1) is 5.52 Å². The van der Waals surface area contributed by atoms with E-state index in [1.807, 2.05) is 30.3 Å². The van der Waals surface area contributed by atoms with Crippen molar-refractivity contribution in [2.45, 2.75) is 0 Å². The molecule has 0 fully saturated rings. The van der Waals surface area contributed by atoms with E-state index < -0.39 is 5.97 Å². The van der Waals surface area contributed by atoms with Gasteiger partial charge in [-0.1, -0.05) is 48.0 Å². The van der Waals surface area contributed by atoms with Crippen LogP contribution in [0, 0.1) is 0 Å². The Hall–Kier alpha value is -2.39. The van der Waals surface area contributed by atoms with Crippen molar-refractivity contribution in [3.63, 3.8) is 0 Å². The predicted octanol–water partition coefficient (Wildman–Crippen LogP) is 4.25. The van der Waals surface area contributed by atoms with E-state index in [0.717, 1.165) is 5.39 Å². The van der Waals surface area contributed by atoms with Gasteiger partial charge in [0.15, 0.2) is 5.69 Å². The van der Waals surface area contributed by atoms with Crippen LogP contribution in [0.1, 0.15) is 10.5 Å². The van der Waals surface area contributed by atoms with Crippen LogP contribution >= 0.6 is 11.6 Å². The van der Waals surface area contributed by atoms with Crippen LogP contribution in [0.2, 0.25) is 5.02 Å². The predicted molar refractivity (Wildman–Crippen MR) is 79.1 cm³/mol. The molecule has 3 aromatic rings. The second-order valence-electron chi connectivity index (χ2n) is 4.36. The van der Waals surface area contributed by atoms with Crippen molar-refractivity contribution in [1.29, 1.82) is 0 Å². The molecule has 0 aliphatic heterocycles. The van der Waals surface area contributed by atoms with Crippen molar-refractivity contribution in [1.82, 2.24) is 4.98 Å². The molecule has 2 aromatic carbocycles. The molecular formula is C16H10ClNO2. The summed E-state index contributed by atoms with van der Waals surface area (Å²) in [4.78, 5) is 15.7. The molecular weight excluding hydrogens is 274 g/mol. The molecule has 0 atom stereocenters. The maximum absolute atomic E-state index is 11.4. The Morgan fingerprint density at radius 3 is 2.45 bits per heavy atom. The molecule has 1 N–H and O–H groups in total. The first-order chi connectivity index (χ1) is 9.66. The van der Waals surface area contributed by atoms with Crippen LogP contribution in [0.15, 0.2) is 54.6 Å². The lowest BCUT2D eigenvalue weighted by molar-refractivity contribution is 0.0692. The number of carboxylic acid groups (broad SMARTS) is 1. The number of pyridine rings is 1. The number of rotatable bonds is 2. The van der Waals surface area contributed by atoms with Crippen molar-refractivity contribution in [3.8, 4) is 11.1 Å². The lowest BCUT2D eigenvalue weighted by Crippen LogP contribution is -2.03. The van der Waals surface area contributed by atoms with Crippen molar-refractivity contribution in [2.75, 3.05) is 0 Å². The van der Waals surface area contributed by atoms with Crippen LogP contribution in [0.4, 0.5) is 0 Å². The van der Waals surface area contributed by atoms with E-state index in [2.05, 4.69) is 4.98 Å². The lowest BCUT2D eigenvalue weighted by Gasteiger charge is -2.09. The third kappa shape index (κ3) is 2.12. The van der Waals surface area contributed by atoms with Gasteiger partial charge >= 0.3 is 5.97 Å². The van der Waals surface area contributed by atoms with Crippen LogP contribution in [0.25, 0.3) is 22.0 Å². The molecule has 98 valence electrons. The van der Waals surface area contributed by atoms with E-state index >= 15 is 0 Å². The van der Waals surface area contributed by atoms with E-state index in [1.54, 1.807) is 24.3 Å². The van der Waals surface area contributed by atoms with Gasteiger partial charge in [0.25, 0.3) is 0 Å². The first-order valence-corrected chi connectivity index (χ1v) is 6.42. The first-order valence-electron chi connectivity index (χ1n) is 6.05. The molecule has 0 saturated heterocycles. The number of hydrogen-bond acceptors (Lipinski definition) is 2. The molecule has 0 amide bonds. The molecule has 3 rings (SSSR count). The highest BCUT2D eigenvalue weighted by Crippen LogP contribution is 2.31. The Morgan fingerprint density at radius 2 is 1.70 bits per heavy atom. The Bertz CT molecular complexity index is 814. The summed E-state index contributed by atoms with van der Waals surface area (Å²) in [7, 11) is 0. The lowest BCUT2D eigenvalue weighted by atomic mass is 10.0. The smallest absolute Gasteiger partial charge is 0.355 e. The van der Waals surface area contributed by atoms with Crippen LogP contribution in [0.3, 0.4) is 0 Å². The average Bonchev–Trinajstić information content (AvgIpc) is 2.46. The summed E-state index contributed by atoms with van der Waals surface area (Å²) in [6.07, 6.45) is 0. The first kappa shape index (κ1) is 12.6. The summed E-state index contributed by atoms with van der Waals surface area (Å²) in [5.74, 6) is -1.06. The summed E-state index contributed by atoms with van der Waals surface area (Å²) >= 11 is 6.17. The zero-order valence-corrected chi connectivity index (χ0v) is 11.1. The third-order valence-electron chi connectivity index (χ3n) is 3.09. The standard InChI is InChI=1S/C16H10ClNO2/c17-13-7-3-2-6-11(13)12-9-10-5-1-4-8-14(10)18-15(12)16(19)20/h1-9H,(H,19,20). The number of benzene rings is 2. The van der Waals surface area contributed by atoms with E-state index in [1.165, 1.54) is 0 Å². The Kier molecular flexibility index (Phi) is 3.12. The maximum atomic E-state index is 11.4. The molecule has 1 heterocycles. The minimum Gasteiger partial charge on any atom is -0.476 e. The minimum atomic E-state index is -1.06. The number of halogens is 1. The average molecular weight is 284 g/mol. The monoisotopic (exact) mass is 283 g/mol. The Balaban J connectivity index is 2.36. The van der Waals surface area contributed by atoms with Gasteiger partial charge in [-0.05, 0) is 18.2 Å². The minimum absolute atomic E-state index is 0.0109. The van der Waals surface area contributed by atoms with Gasteiger partial charge in [-0.15, -0.1) is 0 Å². The Morgan fingerprint density at radius 1 is 1.00 bits per heavy atom. The maximum Gasteiger partial charge on any atom is 0.355 e. The molecule has 4 heteroatoms. The fourth-order valence-electron chi connectivity index (χ4n) is 2.16. The van der Waals surface area contributed by atoms with E-state index in [-0.39, 0.29) is 5.69 Å².